The predicted octanol–water partition coefficient (Wildman–Crippen LogP) is 9.94. The van der Waals surface area contributed by atoms with Crippen molar-refractivity contribution >= 4 is 28.8 Å². The van der Waals surface area contributed by atoms with E-state index in [1.165, 1.54) is 5.56 Å². The fourth-order valence-corrected chi connectivity index (χ4v) is 5.45. The van der Waals surface area contributed by atoms with Gasteiger partial charge in [0.25, 0.3) is 16.6 Å². The van der Waals surface area contributed by atoms with Crippen LogP contribution in [0.5, 0.6) is 23.0 Å². The molecule has 2 aromatic carbocycles. The quantitative estimate of drug-likeness (QED) is 0.239. The third-order valence-corrected chi connectivity index (χ3v) is 16.7. The van der Waals surface area contributed by atoms with E-state index in [1.54, 1.807) is 14.2 Å². The smallest absolute Gasteiger partial charge is 0.250 e. The Balaban J connectivity index is 2.78. The van der Waals surface area contributed by atoms with Crippen molar-refractivity contribution in [3.8, 4) is 23.0 Å². The van der Waals surface area contributed by atoms with Crippen LogP contribution in [0.25, 0.3) is 12.2 Å². The summed E-state index contributed by atoms with van der Waals surface area (Å²) in [5.41, 5.74) is 3.12. The molecule has 0 saturated carbocycles. The largest absolute Gasteiger partial charge is 0.541 e. The summed E-state index contributed by atoms with van der Waals surface area (Å²) in [6, 6.07) is 10.3. The number of rotatable bonds is 8. The van der Waals surface area contributed by atoms with Crippen molar-refractivity contribution in [1.82, 2.24) is 0 Å². The molecule has 0 aliphatic carbocycles. The number of ether oxygens (including phenoxy) is 2. The molecule has 0 aliphatic heterocycles. The molecular weight excluding hydrogens is 505 g/mol. The topological polar surface area (TPSA) is 36.9 Å². The van der Waals surface area contributed by atoms with Crippen LogP contribution in [-0.4, -0.2) is 30.9 Å². The van der Waals surface area contributed by atoms with E-state index in [1.807, 2.05) is 18.2 Å². The fraction of sp³-hybridized carbons (Fsp3) is 0.562. The van der Waals surface area contributed by atoms with Crippen LogP contribution in [-0.2, 0) is 5.41 Å². The van der Waals surface area contributed by atoms with Gasteiger partial charge in [-0.25, -0.2) is 0 Å². The van der Waals surface area contributed by atoms with Gasteiger partial charge in [0.1, 0.15) is 23.0 Å². The van der Waals surface area contributed by atoms with E-state index in [4.69, 9.17) is 18.3 Å². The van der Waals surface area contributed by atoms with Crippen molar-refractivity contribution in [2.24, 2.45) is 0 Å². The number of benzene rings is 2. The zero-order chi connectivity index (χ0) is 29.3. The molecule has 6 heteroatoms. The second-order valence-corrected chi connectivity index (χ2v) is 23.8. The first-order valence-electron chi connectivity index (χ1n) is 13.6. The molecule has 38 heavy (non-hydrogen) atoms. The molecule has 0 aromatic heterocycles. The molecule has 2 aromatic rings. The molecule has 0 saturated heterocycles. The van der Waals surface area contributed by atoms with Gasteiger partial charge in [-0.15, -0.1) is 0 Å². The van der Waals surface area contributed by atoms with Gasteiger partial charge >= 0.3 is 0 Å². The Morgan fingerprint density at radius 3 is 1.39 bits per heavy atom. The minimum absolute atomic E-state index is 0.0616. The molecule has 0 aliphatic rings. The van der Waals surface area contributed by atoms with Crippen molar-refractivity contribution in [3.05, 3.63) is 47.0 Å². The summed E-state index contributed by atoms with van der Waals surface area (Å²) in [5, 5.41) is 0.131. The fourth-order valence-electron chi connectivity index (χ4n) is 3.41. The van der Waals surface area contributed by atoms with Crippen LogP contribution < -0.4 is 18.3 Å². The first-order chi connectivity index (χ1) is 17.1. The van der Waals surface area contributed by atoms with Crippen LogP contribution in [0.1, 0.15) is 79.0 Å². The number of hydrogen-bond donors (Lipinski definition) is 0. The second-order valence-electron chi connectivity index (χ2n) is 14.3. The van der Waals surface area contributed by atoms with Crippen LogP contribution in [0.4, 0.5) is 0 Å². The third kappa shape index (κ3) is 7.69. The van der Waals surface area contributed by atoms with Crippen molar-refractivity contribution in [1.29, 1.82) is 0 Å². The van der Waals surface area contributed by atoms with Gasteiger partial charge < -0.3 is 18.3 Å². The van der Waals surface area contributed by atoms with Crippen LogP contribution in [0.3, 0.4) is 0 Å². The maximum Gasteiger partial charge on any atom is 0.250 e. The Bertz CT molecular complexity index is 1120. The lowest BCUT2D eigenvalue weighted by Crippen LogP contribution is -2.46. The first kappa shape index (κ1) is 32.0. The van der Waals surface area contributed by atoms with E-state index in [-0.39, 0.29) is 15.5 Å². The molecule has 0 N–H and O–H groups in total. The minimum Gasteiger partial charge on any atom is -0.541 e. The molecule has 2 rings (SSSR count). The maximum atomic E-state index is 7.07. The van der Waals surface area contributed by atoms with Gasteiger partial charge in [-0.2, -0.15) is 0 Å². The summed E-state index contributed by atoms with van der Waals surface area (Å²) in [7, 11) is -0.925. The van der Waals surface area contributed by atoms with Gasteiger partial charge in [0.05, 0.1) is 14.2 Å². The van der Waals surface area contributed by atoms with Gasteiger partial charge in [0, 0.05) is 11.6 Å². The molecule has 212 valence electrons. The number of hydrogen-bond acceptors (Lipinski definition) is 4. The summed E-state index contributed by atoms with van der Waals surface area (Å²) < 4.78 is 25.0. The average Bonchev–Trinajstić information content (AvgIpc) is 2.76. The monoisotopic (exact) mass is 556 g/mol. The highest BCUT2D eigenvalue weighted by Crippen LogP contribution is 2.48. The summed E-state index contributed by atoms with van der Waals surface area (Å²) in [6.45, 7) is 29.6. The lowest BCUT2D eigenvalue weighted by atomic mass is 9.85. The highest BCUT2D eigenvalue weighted by molar-refractivity contribution is 6.75. The molecule has 0 unspecified atom stereocenters. The van der Waals surface area contributed by atoms with E-state index in [9.17, 15) is 0 Å². The van der Waals surface area contributed by atoms with Crippen molar-refractivity contribution in [2.75, 3.05) is 14.2 Å². The van der Waals surface area contributed by atoms with E-state index in [0.29, 0.717) is 0 Å². The molecule has 4 nitrogen and oxygen atoms in total. The van der Waals surface area contributed by atoms with E-state index in [2.05, 4.69) is 113 Å². The minimum atomic E-state index is -2.14. The Hall–Kier alpha value is -2.19. The lowest BCUT2D eigenvalue weighted by Gasteiger charge is -2.41. The molecule has 0 spiro atoms. The standard InChI is InChI=1S/C32H52O4Si2/c1-30(2,3)27-20-24(17-16-23-18-25(33-10)22-26(19-23)34-11)21-28(35-37(12,13)31(4,5)6)29(27)36-38(14,15)32(7,8)9/h16-22H,1-15H3/b17-16+. The van der Waals surface area contributed by atoms with Gasteiger partial charge in [-0.1, -0.05) is 74.5 Å². The number of methoxy groups -OCH3 is 2. The normalized spacial score (nSPS) is 13.6. The molecule has 0 heterocycles. The van der Waals surface area contributed by atoms with E-state index in [0.717, 1.165) is 34.1 Å². The van der Waals surface area contributed by atoms with Gasteiger partial charge in [-0.3, -0.25) is 0 Å². The summed E-state index contributed by atoms with van der Waals surface area (Å²) in [4.78, 5) is 0. The maximum absolute atomic E-state index is 7.07. The highest BCUT2D eigenvalue weighted by atomic mass is 28.4. The van der Waals surface area contributed by atoms with Crippen molar-refractivity contribution < 1.29 is 18.3 Å². The third-order valence-electron chi connectivity index (χ3n) is 8.06. The second kappa shape index (κ2) is 11.1. The van der Waals surface area contributed by atoms with Crippen molar-refractivity contribution in [2.45, 2.75) is 104 Å². The molecule has 0 radical (unpaired) electrons. The van der Waals surface area contributed by atoms with Crippen molar-refractivity contribution in [3.63, 3.8) is 0 Å². The summed E-state index contributed by atoms with van der Waals surface area (Å²) in [5.74, 6) is 3.30. The van der Waals surface area contributed by atoms with E-state index < -0.39 is 16.6 Å². The molecule has 0 bridgehead atoms. The van der Waals surface area contributed by atoms with Gasteiger partial charge in [-0.05, 0) is 77.1 Å². The summed E-state index contributed by atoms with van der Waals surface area (Å²) in [6.07, 6.45) is 4.23. The molecule has 0 atom stereocenters. The predicted molar refractivity (Wildman–Crippen MR) is 169 cm³/mol. The molecule has 0 fully saturated rings. The zero-order valence-corrected chi connectivity index (χ0v) is 28.7. The van der Waals surface area contributed by atoms with Crippen LogP contribution in [0.2, 0.25) is 36.3 Å². The Morgan fingerprint density at radius 2 is 1.00 bits per heavy atom. The summed E-state index contributed by atoms with van der Waals surface area (Å²) >= 11 is 0. The average molecular weight is 557 g/mol. The molecular formula is C32H52O4Si2. The van der Waals surface area contributed by atoms with Gasteiger partial charge in [0.15, 0.2) is 0 Å². The van der Waals surface area contributed by atoms with Crippen LogP contribution in [0.15, 0.2) is 30.3 Å². The van der Waals surface area contributed by atoms with E-state index >= 15 is 0 Å². The Morgan fingerprint density at radius 1 is 0.579 bits per heavy atom. The van der Waals surface area contributed by atoms with Gasteiger partial charge in [0.2, 0.25) is 0 Å². The van der Waals surface area contributed by atoms with Crippen LogP contribution in [0, 0.1) is 0 Å². The molecule has 0 amide bonds. The SMILES string of the molecule is COc1cc(/C=C/c2cc(O[Si](C)(C)C(C)(C)C)c(O[Si](C)(C)C(C)(C)C)c(C(C)(C)C)c2)cc(OC)c1. The Kier molecular flexibility index (Phi) is 9.38. The zero-order valence-electron chi connectivity index (χ0n) is 26.7. The highest BCUT2D eigenvalue weighted by Gasteiger charge is 2.43. The lowest BCUT2D eigenvalue weighted by molar-refractivity contribution is 0.394. The van der Waals surface area contributed by atoms with Crippen LogP contribution >= 0.6 is 0 Å². The Labute approximate surface area is 235 Å². The first-order valence-corrected chi connectivity index (χ1v) is 19.4.